The van der Waals surface area contributed by atoms with Gasteiger partial charge in [0.05, 0.1) is 23.8 Å². The van der Waals surface area contributed by atoms with Gasteiger partial charge in [-0.05, 0) is 26.3 Å². The van der Waals surface area contributed by atoms with Gasteiger partial charge >= 0.3 is 0 Å². The molecule has 1 N–H and O–H groups in total. The molecule has 2 heterocycles. The SMILES string of the molecule is CCCN1C(=O)[C@@](O)([C@H]2COC(C)(C)CC2=O)c2ccccc21. The molecule has 1 aromatic carbocycles. The van der Waals surface area contributed by atoms with Crippen molar-refractivity contribution in [3.63, 3.8) is 0 Å². The van der Waals surface area contributed by atoms with Crippen LogP contribution in [0.15, 0.2) is 24.3 Å². The molecule has 1 amide bonds. The van der Waals surface area contributed by atoms with Crippen LogP contribution in [0.25, 0.3) is 0 Å². The summed E-state index contributed by atoms with van der Waals surface area (Å²) in [5.41, 5.74) is -1.16. The van der Waals surface area contributed by atoms with E-state index in [1.807, 2.05) is 32.9 Å². The van der Waals surface area contributed by atoms with Crippen molar-refractivity contribution in [1.82, 2.24) is 0 Å². The average molecular weight is 317 g/mol. The van der Waals surface area contributed by atoms with Gasteiger partial charge in [0.15, 0.2) is 5.60 Å². The Bertz CT molecular complexity index is 654. The van der Waals surface area contributed by atoms with Crippen molar-refractivity contribution in [2.45, 2.75) is 44.8 Å². The number of hydrogen-bond donors (Lipinski definition) is 1. The van der Waals surface area contributed by atoms with Crippen LogP contribution in [0.1, 0.15) is 39.2 Å². The molecule has 2 atom stereocenters. The standard InChI is InChI=1S/C18H23NO4/c1-4-9-19-14-8-6-5-7-12(14)18(22,16(19)21)13-11-23-17(2,3)10-15(13)20/h5-8,13,22H,4,9-11H2,1-3H3/t13-,18-/m0/s1. The second-order valence-corrected chi connectivity index (χ2v) is 7.01. The van der Waals surface area contributed by atoms with Crippen LogP contribution in [0, 0.1) is 5.92 Å². The van der Waals surface area contributed by atoms with Crippen molar-refractivity contribution in [3.8, 4) is 0 Å². The minimum absolute atomic E-state index is 0.0579. The van der Waals surface area contributed by atoms with Crippen molar-refractivity contribution in [2.75, 3.05) is 18.1 Å². The van der Waals surface area contributed by atoms with Gasteiger partial charge in [-0.25, -0.2) is 0 Å². The maximum absolute atomic E-state index is 12.9. The van der Waals surface area contributed by atoms with Gasteiger partial charge in [-0.3, -0.25) is 9.59 Å². The Hall–Kier alpha value is -1.72. The van der Waals surface area contributed by atoms with Gasteiger partial charge in [-0.2, -0.15) is 0 Å². The van der Waals surface area contributed by atoms with Gasteiger partial charge in [0.1, 0.15) is 5.78 Å². The second kappa shape index (κ2) is 5.42. The molecule has 0 aromatic heterocycles. The maximum atomic E-state index is 12.9. The summed E-state index contributed by atoms with van der Waals surface area (Å²) in [6.07, 6.45) is 0.974. The molecule has 2 aliphatic heterocycles. The van der Waals surface area contributed by atoms with Gasteiger partial charge < -0.3 is 14.7 Å². The van der Waals surface area contributed by atoms with E-state index >= 15 is 0 Å². The fourth-order valence-electron chi connectivity index (χ4n) is 3.59. The van der Waals surface area contributed by atoms with Gasteiger partial charge in [0.25, 0.3) is 5.91 Å². The molecule has 0 aliphatic carbocycles. The Morgan fingerprint density at radius 2 is 2.00 bits per heavy atom. The van der Waals surface area contributed by atoms with Crippen LogP contribution in [-0.4, -0.2) is 35.5 Å². The maximum Gasteiger partial charge on any atom is 0.264 e. The first-order valence-electron chi connectivity index (χ1n) is 8.12. The average Bonchev–Trinajstić information content (AvgIpc) is 2.70. The molecule has 5 nitrogen and oxygen atoms in total. The summed E-state index contributed by atoms with van der Waals surface area (Å²) < 4.78 is 5.73. The van der Waals surface area contributed by atoms with E-state index in [2.05, 4.69) is 0 Å². The molecule has 0 saturated carbocycles. The zero-order valence-corrected chi connectivity index (χ0v) is 13.8. The normalized spacial score (nSPS) is 29.7. The number of anilines is 1. The summed E-state index contributed by atoms with van der Waals surface area (Å²) in [7, 11) is 0. The highest BCUT2D eigenvalue weighted by atomic mass is 16.5. The Kier molecular flexibility index (Phi) is 3.81. The van der Waals surface area contributed by atoms with Crippen LogP contribution in [0.5, 0.6) is 0 Å². The summed E-state index contributed by atoms with van der Waals surface area (Å²) in [5, 5.41) is 11.3. The summed E-state index contributed by atoms with van der Waals surface area (Å²) in [6.45, 7) is 6.25. The largest absolute Gasteiger partial charge is 0.375 e. The number of fused-ring (bicyclic) bond motifs is 1. The number of hydrogen-bond acceptors (Lipinski definition) is 4. The monoisotopic (exact) mass is 317 g/mol. The fourth-order valence-corrected chi connectivity index (χ4v) is 3.59. The molecule has 1 fully saturated rings. The number of aliphatic hydroxyl groups is 1. The van der Waals surface area contributed by atoms with E-state index in [1.54, 1.807) is 17.0 Å². The minimum atomic E-state index is -1.82. The quantitative estimate of drug-likeness (QED) is 0.926. The van der Waals surface area contributed by atoms with E-state index in [0.717, 1.165) is 6.42 Å². The van der Waals surface area contributed by atoms with Crippen molar-refractivity contribution >= 4 is 17.4 Å². The van der Waals surface area contributed by atoms with E-state index in [-0.39, 0.29) is 18.8 Å². The third kappa shape index (κ3) is 2.39. The van der Waals surface area contributed by atoms with Crippen molar-refractivity contribution in [2.24, 2.45) is 5.92 Å². The second-order valence-electron chi connectivity index (χ2n) is 7.01. The van der Waals surface area contributed by atoms with Crippen LogP contribution in [0.4, 0.5) is 5.69 Å². The van der Waals surface area contributed by atoms with Crippen molar-refractivity contribution in [1.29, 1.82) is 0 Å². The number of benzene rings is 1. The summed E-state index contributed by atoms with van der Waals surface area (Å²) in [4.78, 5) is 27.1. The number of nitrogens with zero attached hydrogens (tertiary/aromatic N) is 1. The lowest BCUT2D eigenvalue weighted by Gasteiger charge is -2.39. The fraction of sp³-hybridized carbons (Fsp3) is 0.556. The lowest BCUT2D eigenvalue weighted by molar-refractivity contribution is -0.172. The number of amides is 1. The molecular weight excluding hydrogens is 294 g/mol. The Morgan fingerprint density at radius 1 is 1.30 bits per heavy atom. The molecule has 0 radical (unpaired) electrons. The lowest BCUT2D eigenvalue weighted by atomic mass is 9.76. The van der Waals surface area contributed by atoms with Crippen LogP contribution in [0.3, 0.4) is 0 Å². The van der Waals surface area contributed by atoms with Gasteiger partial charge in [-0.1, -0.05) is 25.1 Å². The summed E-state index contributed by atoms with van der Waals surface area (Å²) in [5.74, 6) is -1.39. The number of ether oxygens (including phenoxy) is 1. The van der Waals surface area contributed by atoms with E-state index < -0.39 is 23.0 Å². The third-order valence-corrected chi connectivity index (χ3v) is 4.76. The molecule has 0 spiro atoms. The topological polar surface area (TPSA) is 66.8 Å². The van der Waals surface area contributed by atoms with Crippen LogP contribution >= 0.6 is 0 Å². The number of carbonyl (C=O) groups excluding carboxylic acids is 2. The summed E-state index contributed by atoms with van der Waals surface area (Å²) in [6, 6.07) is 7.17. The van der Waals surface area contributed by atoms with E-state index in [0.29, 0.717) is 17.8 Å². The highest BCUT2D eigenvalue weighted by molar-refractivity contribution is 6.09. The lowest BCUT2D eigenvalue weighted by Crippen LogP contribution is -2.54. The molecule has 1 aromatic rings. The highest BCUT2D eigenvalue weighted by Gasteiger charge is 2.58. The Balaban J connectivity index is 2.04. The first kappa shape index (κ1) is 16.1. The molecule has 124 valence electrons. The first-order chi connectivity index (χ1) is 10.8. The van der Waals surface area contributed by atoms with Gasteiger partial charge in [0.2, 0.25) is 0 Å². The van der Waals surface area contributed by atoms with Gasteiger partial charge in [-0.15, -0.1) is 0 Å². The van der Waals surface area contributed by atoms with E-state index in [1.165, 1.54) is 0 Å². The van der Waals surface area contributed by atoms with Crippen LogP contribution in [0.2, 0.25) is 0 Å². The van der Waals surface area contributed by atoms with E-state index in [4.69, 9.17) is 4.74 Å². The Morgan fingerprint density at radius 3 is 2.65 bits per heavy atom. The number of para-hydroxylation sites is 1. The molecule has 3 rings (SSSR count). The number of carbonyl (C=O) groups is 2. The molecule has 0 unspecified atom stereocenters. The minimum Gasteiger partial charge on any atom is -0.375 e. The number of rotatable bonds is 3. The van der Waals surface area contributed by atoms with Crippen molar-refractivity contribution in [3.05, 3.63) is 29.8 Å². The smallest absolute Gasteiger partial charge is 0.264 e. The molecule has 23 heavy (non-hydrogen) atoms. The molecule has 1 saturated heterocycles. The number of ketones is 1. The summed E-state index contributed by atoms with van der Waals surface area (Å²) >= 11 is 0. The van der Waals surface area contributed by atoms with Crippen LogP contribution in [-0.2, 0) is 19.9 Å². The third-order valence-electron chi connectivity index (χ3n) is 4.76. The molecule has 0 bridgehead atoms. The molecule has 5 heteroatoms. The first-order valence-corrected chi connectivity index (χ1v) is 8.12. The molecular formula is C18H23NO4. The molecule has 2 aliphatic rings. The number of Topliss-reactive ketones (excluding diaryl/α,β-unsaturated/α-hetero) is 1. The zero-order chi connectivity index (χ0) is 16.8. The zero-order valence-electron chi connectivity index (χ0n) is 13.8. The Labute approximate surface area is 136 Å². The van der Waals surface area contributed by atoms with E-state index in [9.17, 15) is 14.7 Å². The van der Waals surface area contributed by atoms with Crippen LogP contribution < -0.4 is 4.90 Å². The predicted octanol–water partition coefficient (Wildman–Crippen LogP) is 2.01. The predicted molar refractivity (Wildman–Crippen MR) is 86.1 cm³/mol. The highest BCUT2D eigenvalue weighted by Crippen LogP contribution is 2.47. The van der Waals surface area contributed by atoms with Gasteiger partial charge in [0, 0.05) is 18.5 Å². The van der Waals surface area contributed by atoms with Crippen molar-refractivity contribution < 1.29 is 19.4 Å².